The van der Waals surface area contributed by atoms with Gasteiger partial charge in [0.2, 0.25) is 0 Å². The molecule has 5 N–H and O–H groups in total. The molecule has 0 spiro atoms. The summed E-state index contributed by atoms with van der Waals surface area (Å²) in [6.45, 7) is 1.48. The molecule has 0 saturated carbocycles. The summed E-state index contributed by atoms with van der Waals surface area (Å²) < 4.78 is 6.97. The molecular weight excluding hydrogens is 266 g/mol. The Morgan fingerprint density at radius 2 is 2.05 bits per heavy atom. The van der Waals surface area contributed by atoms with Crippen molar-refractivity contribution in [3.8, 4) is 0 Å². The smallest absolute Gasteiger partial charge is 0.167 e. The van der Waals surface area contributed by atoms with Gasteiger partial charge in [-0.25, -0.2) is 15.0 Å². The third-order valence-electron chi connectivity index (χ3n) is 3.41. The second kappa shape index (κ2) is 4.63. The van der Waals surface area contributed by atoms with Crippen molar-refractivity contribution in [2.75, 3.05) is 5.73 Å². The fourth-order valence-corrected chi connectivity index (χ4v) is 2.37. The van der Waals surface area contributed by atoms with Gasteiger partial charge in [0, 0.05) is 0 Å². The van der Waals surface area contributed by atoms with Crippen LogP contribution in [0.1, 0.15) is 13.2 Å². The Bertz CT molecular complexity index is 630. The molecule has 2 aromatic rings. The molecule has 2 aromatic heterocycles. The summed E-state index contributed by atoms with van der Waals surface area (Å²) >= 11 is 0. The number of ether oxygens (including phenoxy) is 1. The first-order valence-electron chi connectivity index (χ1n) is 6.13. The van der Waals surface area contributed by atoms with Gasteiger partial charge in [0.15, 0.2) is 17.7 Å². The van der Waals surface area contributed by atoms with E-state index in [-0.39, 0.29) is 5.82 Å². The van der Waals surface area contributed by atoms with Crippen molar-refractivity contribution in [2.45, 2.75) is 37.6 Å². The zero-order valence-electron chi connectivity index (χ0n) is 10.7. The number of hydrogen-bond donors (Lipinski definition) is 4. The number of nitrogen functional groups attached to an aromatic ring is 1. The average Bonchev–Trinajstić information content (AvgIpc) is 2.94. The van der Waals surface area contributed by atoms with Gasteiger partial charge in [-0.05, 0) is 6.92 Å². The van der Waals surface area contributed by atoms with Crippen LogP contribution in [0.2, 0.25) is 0 Å². The number of aliphatic hydroxyl groups is 3. The summed E-state index contributed by atoms with van der Waals surface area (Å²) in [4.78, 5) is 11.9. The highest BCUT2D eigenvalue weighted by atomic mass is 16.6. The van der Waals surface area contributed by atoms with Crippen LogP contribution in [0.3, 0.4) is 0 Å². The van der Waals surface area contributed by atoms with E-state index in [1.54, 1.807) is 0 Å². The molecule has 9 heteroatoms. The van der Waals surface area contributed by atoms with Gasteiger partial charge in [-0.3, -0.25) is 4.57 Å². The van der Waals surface area contributed by atoms with E-state index in [9.17, 15) is 15.3 Å². The monoisotopic (exact) mass is 281 g/mol. The Labute approximate surface area is 113 Å². The molecule has 0 aliphatic carbocycles. The minimum absolute atomic E-state index is 0.217. The van der Waals surface area contributed by atoms with E-state index < -0.39 is 30.6 Å². The molecule has 1 fully saturated rings. The van der Waals surface area contributed by atoms with Crippen LogP contribution in [0.15, 0.2) is 12.7 Å². The van der Waals surface area contributed by atoms with Crippen molar-refractivity contribution >= 4 is 17.0 Å². The van der Waals surface area contributed by atoms with Gasteiger partial charge in [-0.15, -0.1) is 0 Å². The molecule has 2 unspecified atom stereocenters. The number of imidazole rings is 1. The number of rotatable bonds is 2. The highest BCUT2D eigenvalue weighted by molar-refractivity contribution is 5.81. The molecule has 9 nitrogen and oxygen atoms in total. The number of hydrogen-bond acceptors (Lipinski definition) is 8. The largest absolute Gasteiger partial charge is 0.391 e. The molecule has 0 aromatic carbocycles. The summed E-state index contributed by atoms with van der Waals surface area (Å²) in [7, 11) is 0. The first-order chi connectivity index (χ1) is 9.50. The van der Waals surface area contributed by atoms with Crippen molar-refractivity contribution in [1.29, 1.82) is 0 Å². The summed E-state index contributed by atoms with van der Waals surface area (Å²) in [5.74, 6) is 0.217. The number of aromatic nitrogens is 4. The van der Waals surface area contributed by atoms with E-state index in [0.717, 1.165) is 0 Å². The first-order valence-corrected chi connectivity index (χ1v) is 6.13. The maximum Gasteiger partial charge on any atom is 0.167 e. The Hall–Kier alpha value is -1.81. The Morgan fingerprint density at radius 1 is 1.30 bits per heavy atom. The molecule has 3 heterocycles. The number of aliphatic hydroxyl groups excluding tert-OH is 3. The molecule has 0 radical (unpaired) electrons. The van der Waals surface area contributed by atoms with Gasteiger partial charge >= 0.3 is 0 Å². The van der Waals surface area contributed by atoms with Crippen LogP contribution in [-0.2, 0) is 4.74 Å². The maximum atomic E-state index is 10.1. The molecule has 1 aliphatic rings. The topological polar surface area (TPSA) is 140 Å². The standard InChI is InChI=1S/C11H15N5O4/c1-4(17)8-6(18)7(19)11(20-8)16-3-15-5-9(12)13-2-14-10(5)16/h2-4,6-8,11,17-19H,1H3,(H2,12,13,14)/t4?,6-,7+,8?,11+/m0/s1. The van der Waals surface area contributed by atoms with Gasteiger partial charge in [0.05, 0.1) is 12.4 Å². The minimum Gasteiger partial charge on any atom is -0.391 e. The minimum atomic E-state index is -1.21. The highest BCUT2D eigenvalue weighted by Gasteiger charge is 2.46. The Morgan fingerprint density at radius 3 is 2.70 bits per heavy atom. The second-order valence-corrected chi connectivity index (χ2v) is 4.80. The van der Waals surface area contributed by atoms with E-state index in [4.69, 9.17) is 10.5 Å². The maximum absolute atomic E-state index is 10.1. The normalized spacial score (nSPS) is 31.8. The summed E-state index contributed by atoms with van der Waals surface area (Å²) in [5.41, 5.74) is 6.46. The van der Waals surface area contributed by atoms with E-state index in [1.807, 2.05) is 0 Å². The Balaban J connectivity index is 2.02. The summed E-state index contributed by atoms with van der Waals surface area (Å²) in [6, 6.07) is 0. The molecule has 108 valence electrons. The van der Waals surface area contributed by atoms with Crippen LogP contribution in [0, 0.1) is 0 Å². The van der Waals surface area contributed by atoms with E-state index in [1.165, 1.54) is 24.1 Å². The molecular formula is C11H15N5O4. The lowest BCUT2D eigenvalue weighted by Crippen LogP contribution is -2.37. The van der Waals surface area contributed by atoms with Crippen LogP contribution in [0.4, 0.5) is 5.82 Å². The zero-order chi connectivity index (χ0) is 14.4. The van der Waals surface area contributed by atoms with Gasteiger partial charge in [0.1, 0.15) is 30.2 Å². The molecule has 0 bridgehead atoms. The molecule has 0 amide bonds. The highest BCUT2D eigenvalue weighted by Crippen LogP contribution is 2.33. The second-order valence-electron chi connectivity index (χ2n) is 4.80. The van der Waals surface area contributed by atoms with Crippen molar-refractivity contribution < 1.29 is 20.1 Å². The number of nitrogens with two attached hydrogens (primary N) is 1. The number of anilines is 1. The average molecular weight is 281 g/mol. The molecule has 20 heavy (non-hydrogen) atoms. The van der Waals surface area contributed by atoms with Gasteiger partial charge in [-0.2, -0.15) is 0 Å². The summed E-state index contributed by atoms with van der Waals surface area (Å²) in [5, 5.41) is 29.5. The Kier molecular flexibility index (Phi) is 3.05. The predicted molar refractivity (Wildman–Crippen MR) is 67.3 cm³/mol. The third-order valence-corrected chi connectivity index (χ3v) is 3.41. The van der Waals surface area contributed by atoms with E-state index in [2.05, 4.69) is 15.0 Å². The van der Waals surface area contributed by atoms with Gasteiger partial charge in [-0.1, -0.05) is 0 Å². The molecule has 1 aliphatic heterocycles. The van der Waals surface area contributed by atoms with E-state index in [0.29, 0.717) is 11.2 Å². The predicted octanol–water partition coefficient (Wildman–Crippen LogP) is -1.59. The first kappa shape index (κ1) is 13.2. The molecule has 3 rings (SSSR count). The molecule has 1 saturated heterocycles. The fraction of sp³-hybridized carbons (Fsp3) is 0.545. The van der Waals surface area contributed by atoms with Crippen LogP contribution < -0.4 is 5.73 Å². The van der Waals surface area contributed by atoms with Crippen LogP contribution in [-0.4, -0.2) is 59.3 Å². The lowest BCUT2D eigenvalue weighted by molar-refractivity contribution is -0.0777. The van der Waals surface area contributed by atoms with Crippen LogP contribution in [0.25, 0.3) is 11.2 Å². The van der Waals surface area contributed by atoms with Crippen molar-refractivity contribution in [3.05, 3.63) is 12.7 Å². The lowest BCUT2D eigenvalue weighted by Gasteiger charge is -2.17. The lowest BCUT2D eigenvalue weighted by atomic mass is 10.1. The number of fused-ring (bicyclic) bond motifs is 1. The third kappa shape index (κ3) is 1.83. The SMILES string of the molecule is CC(O)C1O[C@@H](n2cnc3c(N)ncnc32)[C@H](O)[C@@H]1O. The fourth-order valence-electron chi connectivity index (χ4n) is 2.37. The van der Waals surface area contributed by atoms with Crippen molar-refractivity contribution in [1.82, 2.24) is 19.5 Å². The molecule has 5 atom stereocenters. The van der Waals surface area contributed by atoms with Crippen LogP contribution >= 0.6 is 0 Å². The summed E-state index contributed by atoms with van der Waals surface area (Å²) in [6.07, 6.45) is -2.42. The van der Waals surface area contributed by atoms with Crippen molar-refractivity contribution in [2.24, 2.45) is 0 Å². The number of nitrogens with zero attached hydrogens (tertiary/aromatic N) is 4. The van der Waals surface area contributed by atoms with Gasteiger partial charge in [0.25, 0.3) is 0 Å². The zero-order valence-corrected chi connectivity index (χ0v) is 10.7. The van der Waals surface area contributed by atoms with E-state index >= 15 is 0 Å². The quantitative estimate of drug-likeness (QED) is 0.516. The van der Waals surface area contributed by atoms with Crippen LogP contribution in [0.5, 0.6) is 0 Å². The van der Waals surface area contributed by atoms with Gasteiger partial charge < -0.3 is 25.8 Å². The van der Waals surface area contributed by atoms with Crippen molar-refractivity contribution in [3.63, 3.8) is 0 Å².